The van der Waals surface area contributed by atoms with Crippen LogP contribution < -0.4 is 10.5 Å². The number of anilines is 1. The van der Waals surface area contributed by atoms with Crippen molar-refractivity contribution < 1.29 is 9.66 Å². The first-order valence-corrected chi connectivity index (χ1v) is 5.17. The zero-order chi connectivity index (χ0) is 13.1. The molecule has 6 heteroatoms. The van der Waals surface area contributed by atoms with Crippen molar-refractivity contribution in [1.82, 2.24) is 4.98 Å². The molecule has 0 aliphatic heterocycles. The van der Waals surface area contributed by atoms with Gasteiger partial charge in [-0.3, -0.25) is 10.1 Å². The maximum absolute atomic E-state index is 10.6. The first-order chi connectivity index (χ1) is 8.61. The number of methoxy groups -OCH3 is 1. The molecule has 92 valence electrons. The van der Waals surface area contributed by atoms with E-state index in [1.165, 1.54) is 6.07 Å². The normalized spacial score (nSPS) is 10.1. The maximum Gasteiger partial charge on any atom is 0.311 e. The molecule has 0 saturated heterocycles. The fourth-order valence-corrected chi connectivity index (χ4v) is 1.57. The van der Waals surface area contributed by atoms with Gasteiger partial charge in [0.05, 0.1) is 17.7 Å². The van der Waals surface area contributed by atoms with Crippen LogP contribution in [0.3, 0.4) is 0 Å². The van der Waals surface area contributed by atoms with E-state index in [0.717, 1.165) is 5.56 Å². The number of rotatable bonds is 3. The number of hydrogen-bond acceptors (Lipinski definition) is 5. The summed E-state index contributed by atoms with van der Waals surface area (Å²) in [6.45, 7) is 0. The van der Waals surface area contributed by atoms with E-state index in [9.17, 15) is 10.1 Å². The molecule has 0 radical (unpaired) electrons. The average Bonchev–Trinajstić information content (AvgIpc) is 2.38. The van der Waals surface area contributed by atoms with Crippen LogP contribution in [0.25, 0.3) is 11.3 Å². The Labute approximate surface area is 103 Å². The van der Waals surface area contributed by atoms with Gasteiger partial charge in [-0.1, -0.05) is 12.1 Å². The molecule has 2 rings (SSSR count). The van der Waals surface area contributed by atoms with Gasteiger partial charge in [0.2, 0.25) is 5.82 Å². The Hall–Kier alpha value is -2.63. The molecular formula is C12H11N3O3. The molecule has 0 atom stereocenters. The first kappa shape index (κ1) is 11.8. The van der Waals surface area contributed by atoms with Gasteiger partial charge in [-0.05, 0) is 18.2 Å². The van der Waals surface area contributed by atoms with Gasteiger partial charge in [-0.2, -0.15) is 0 Å². The van der Waals surface area contributed by atoms with Gasteiger partial charge in [0.25, 0.3) is 0 Å². The van der Waals surface area contributed by atoms with E-state index in [1.807, 2.05) is 12.1 Å². The number of nitrogens with two attached hydrogens (primary N) is 1. The van der Waals surface area contributed by atoms with Crippen molar-refractivity contribution in [2.75, 3.05) is 12.8 Å². The lowest BCUT2D eigenvalue weighted by atomic mass is 10.1. The molecule has 0 aliphatic carbocycles. The molecule has 18 heavy (non-hydrogen) atoms. The summed E-state index contributed by atoms with van der Waals surface area (Å²) in [7, 11) is 1.57. The third-order valence-corrected chi connectivity index (χ3v) is 2.46. The van der Waals surface area contributed by atoms with Crippen molar-refractivity contribution in [3.63, 3.8) is 0 Å². The van der Waals surface area contributed by atoms with Crippen LogP contribution in [0.5, 0.6) is 5.75 Å². The SMILES string of the molecule is COc1cccc(-c2ccc([N+](=O)[O-])c(N)n2)c1. The van der Waals surface area contributed by atoms with Crippen LogP contribution in [0.4, 0.5) is 11.5 Å². The summed E-state index contributed by atoms with van der Waals surface area (Å²) in [6, 6.07) is 10.1. The molecule has 0 fully saturated rings. The summed E-state index contributed by atoms with van der Waals surface area (Å²) in [4.78, 5) is 14.1. The highest BCUT2D eigenvalue weighted by molar-refractivity contribution is 5.66. The second-order valence-electron chi connectivity index (χ2n) is 3.59. The number of benzene rings is 1. The van der Waals surface area contributed by atoms with E-state index in [4.69, 9.17) is 10.5 Å². The van der Waals surface area contributed by atoms with Crippen molar-refractivity contribution >= 4 is 11.5 Å². The van der Waals surface area contributed by atoms with E-state index >= 15 is 0 Å². The minimum absolute atomic E-state index is 0.0969. The lowest BCUT2D eigenvalue weighted by molar-refractivity contribution is -0.384. The Kier molecular flexibility index (Phi) is 3.09. The van der Waals surface area contributed by atoms with E-state index in [1.54, 1.807) is 25.3 Å². The molecule has 0 aliphatic rings. The highest BCUT2D eigenvalue weighted by atomic mass is 16.6. The summed E-state index contributed by atoms with van der Waals surface area (Å²) >= 11 is 0. The molecule has 1 heterocycles. The number of ether oxygens (including phenoxy) is 1. The summed E-state index contributed by atoms with van der Waals surface area (Å²) < 4.78 is 5.10. The number of pyridine rings is 1. The highest BCUT2D eigenvalue weighted by Crippen LogP contribution is 2.26. The molecule has 2 aromatic rings. The standard InChI is InChI=1S/C12H11N3O3/c1-18-9-4-2-3-8(7-9)10-5-6-11(15(16)17)12(13)14-10/h2-7H,1H3,(H2,13,14). The monoisotopic (exact) mass is 245 g/mol. The second kappa shape index (κ2) is 4.70. The van der Waals surface area contributed by atoms with E-state index < -0.39 is 4.92 Å². The largest absolute Gasteiger partial charge is 0.497 e. The molecule has 0 spiro atoms. The molecule has 0 unspecified atom stereocenters. The first-order valence-electron chi connectivity index (χ1n) is 5.17. The number of nitro groups is 1. The van der Waals surface area contributed by atoms with Gasteiger partial charge in [-0.15, -0.1) is 0 Å². The zero-order valence-electron chi connectivity index (χ0n) is 9.66. The lowest BCUT2D eigenvalue weighted by Crippen LogP contribution is -1.99. The van der Waals surface area contributed by atoms with Crippen molar-refractivity contribution in [2.45, 2.75) is 0 Å². The van der Waals surface area contributed by atoms with Crippen molar-refractivity contribution in [1.29, 1.82) is 0 Å². The van der Waals surface area contributed by atoms with Crippen molar-refractivity contribution in [2.24, 2.45) is 0 Å². The average molecular weight is 245 g/mol. The van der Waals surface area contributed by atoms with Crippen LogP contribution in [-0.4, -0.2) is 17.0 Å². The molecule has 6 nitrogen and oxygen atoms in total. The number of nitrogens with zero attached hydrogens (tertiary/aromatic N) is 2. The van der Waals surface area contributed by atoms with Gasteiger partial charge in [0.15, 0.2) is 0 Å². The summed E-state index contributed by atoms with van der Waals surface area (Å²) in [5, 5.41) is 10.6. The Balaban J connectivity index is 2.45. The zero-order valence-corrected chi connectivity index (χ0v) is 9.66. The third kappa shape index (κ3) is 2.22. The van der Waals surface area contributed by atoms with Gasteiger partial charge in [0.1, 0.15) is 5.75 Å². The predicted octanol–water partition coefficient (Wildman–Crippen LogP) is 2.25. The van der Waals surface area contributed by atoms with Gasteiger partial charge < -0.3 is 10.5 Å². The maximum atomic E-state index is 10.6. The minimum Gasteiger partial charge on any atom is -0.497 e. The quantitative estimate of drug-likeness (QED) is 0.661. The Morgan fingerprint density at radius 3 is 2.72 bits per heavy atom. The Morgan fingerprint density at radius 2 is 2.11 bits per heavy atom. The van der Waals surface area contributed by atoms with E-state index in [0.29, 0.717) is 11.4 Å². The number of nitrogen functional groups attached to an aromatic ring is 1. The van der Waals surface area contributed by atoms with Crippen LogP contribution in [0, 0.1) is 10.1 Å². The van der Waals surface area contributed by atoms with Gasteiger partial charge in [-0.25, -0.2) is 4.98 Å². The smallest absolute Gasteiger partial charge is 0.311 e. The fraction of sp³-hybridized carbons (Fsp3) is 0.0833. The molecule has 1 aromatic carbocycles. The minimum atomic E-state index is -0.558. The molecule has 2 N–H and O–H groups in total. The topological polar surface area (TPSA) is 91.3 Å². The van der Waals surface area contributed by atoms with Crippen LogP contribution in [0.1, 0.15) is 0 Å². The lowest BCUT2D eigenvalue weighted by Gasteiger charge is -2.05. The summed E-state index contributed by atoms with van der Waals surface area (Å²) in [5.41, 5.74) is 6.71. The number of hydrogen-bond donors (Lipinski definition) is 1. The fourth-order valence-electron chi connectivity index (χ4n) is 1.57. The molecule has 1 aromatic heterocycles. The Bertz CT molecular complexity index is 599. The highest BCUT2D eigenvalue weighted by Gasteiger charge is 2.13. The number of aromatic nitrogens is 1. The second-order valence-corrected chi connectivity index (χ2v) is 3.59. The predicted molar refractivity (Wildman–Crippen MR) is 67.3 cm³/mol. The van der Waals surface area contributed by atoms with E-state index in [2.05, 4.69) is 4.98 Å². The van der Waals surface area contributed by atoms with Crippen LogP contribution in [-0.2, 0) is 0 Å². The molecule has 0 amide bonds. The van der Waals surface area contributed by atoms with Crippen LogP contribution >= 0.6 is 0 Å². The molecular weight excluding hydrogens is 234 g/mol. The van der Waals surface area contributed by atoms with Crippen LogP contribution in [0.15, 0.2) is 36.4 Å². The van der Waals surface area contributed by atoms with Crippen LogP contribution in [0.2, 0.25) is 0 Å². The molecule has 0 bridgehead atoms. The van der Waals surface area contributed by atoms with Gasteiger partial charge in [0, 0.05) is 11.6 Å². The Morgan fingerprint density at radius 1 is 1.33 bits per heavy atom. The van der Waals surface area contributed by atoms with Crippen molar-refractivity contribution in [3.05, 3.63) is 46.5 Å². The van der Waals surface area contributed by atoms with Crippen molar-refractivity contribution in [3.8, 4) is 17.0 Å². The summed E-state index contributed by atoms with van der Waals surface area (Å²) in [6.07, 6.45) is 0. The third-order valence-electron chi connectivity index (χ3n) is 2.46. The van der Waals surface area contributed by atoms with E-state index in [-0.39, 0.29) is 11.5 Å². The summed E-state index contributed by atoms with van der Waals surface area (Å²) in [5.74, 6) is 0.589. The van der Waals surface area contributed by atoms with Gasteiger partial charge >= 0.3 is 5.69 Å². The molecule has 0 saturated carbocycles.